The summed E-state index contributed by atoms with van der Waals surface area (Å²) >= 11 is 0. The van der Waals surface area contributed by atoms with E-state index >= 15 is 0 Å². The molecular formula is C9H20N2O2S. The van der Waals surface area contributed by atoms with Crippen LogP contribution in [-0.4, -0.2) is 57.6 Å². The van der Waals surface area contributed by atoms with E-state index in [1.54, 1.807) is 7.05 Å². The van der Waals surface area contributed by atoms with E-state index in [1.807, 2.05) is 0 Å². The van der Waals surface area contributed by atoms with Gasteiger partial charge in [-0.1, -0.05) is 0 Å². The molecule has 0 aromatic carbocycles. The largest absolute Gasteiger partial charge is 0.306 e. The fourth-order valence-corrected chi connectivity index (χ4v) is 2.40. The van der Waals surface area contributed by atoms with Gasteiger partial charge in [-0.3, -0.25) is 0 Å². The van der Waals surface area contributed by atoms with Crippen LogP contribution in [0.3, 0.4) is 0 Å². The Labute approximate surface area is 86.9 Å². The van der Waals surface area contributed by atoms with Gasteiger partial charge in [0, 0.05) is 20.1 Å². The molecule has 4 nitrogen and oxygen atoms in total. The maximum atomic E-state index is 11.2. The summed E-state index contributed by atoms with van der Waals surface area (Å²) in [6.07, 6.45) is 3.59. The van der Waals surface area contributed by atoms with E-state index in [1.165, 1.54) is 17.0 Å². The molecule has 1 atom stereocenters. The molecule has 0 aliphatic carbocycles. The van der Waals surface area contributed by atoms with Gasteiger partial charge in [0.05, 0.1) is 6.26 Å². The van der Waals surface area contributed by atoms with Gasteiger partial charge in [0.1, 0.15) is 0 Å². The molecule has 1 saturated heterocycles. The first kappa shape index (κ1) is 11.9. The average Bonchev–Trinajstić information content (AvgIpc) is 2.02. The Kier molecular flexibility index (Phi) is 3.92. The van der Waals surface area contributed by atoms with Crippen LogP contribution < -0.4 is 0 Å². The number of sulfonamides is 1. The summed E-state index contributed by atoms with van der Waals surface area (Å²) in [5.41, 5.74) is 0. The molecule has 5 heteroatoms. The molecule has 0 amide bonds. The van der Waals surface area contributed by atoms with E-state index in [0.29, 0.717) is 12.5 Å². The van der Waals surface area contributed by atoms with Crippen LogP contribution in [0.25, 0.3) is 0 Å². The van der Waals surface area contributed by atoms with Gasteiger partial charge in [0.2, 0.25) is 10.0 Å². The first-order valence-electron chi connectivity index (χ1n) is 4.99. The van der Waals surface area contributed by atoms with E-state index < -0.39 is 10.0 Å². The van der Waals surface area contributed by atoms with Crippen molar-refractivity contribution in [3.8, 4) is 0 Å². The Balaban J connectivity index is 2.44. The molecule has 0 radical (unpaired) electrons. The van der Waals surface area contributed by atoms with E-state index in [9.17, 15) is 8.42 Å². The van der Waals surface area contributed by atoms with Crippen molar-refractivity contribution in [3.63, 3.8) is 0 Å². The summed E-state index contributed by atoms with van der Waals surface area (Å²) in [6, 6.07) is 0. The maximum Gasteiger partial charge on any atom is 0.210 e. The molecule has 14 heavy (non-hydrogen) atoms. The second-order valence-corrected chi connectivity index (χ2v) is 6.40. The van der Waals surface area contributed by atoms with Crippen LogP contribution >= 0.6 is 0 Å². The number of nitrogens with zero attached hydrogens (tertiary/aromatic N) is 2. The Morgan fingerprint density at radius 3 is 2.64 bits per heavy atom. The minimum Gasteiger partial charge on any atom is -0.306 e. The molecule has 84 valence electrons. The normalized spacial score (nSPS) is 25.6. The molecule has 0 saturated carbocycles. The van der Waals surface area contributed by atoms with E-state index in [0.717, 1.165) is 19.5 Å². The van der Waals surface area contributed by atoms with Crippen LogP contribution in [0, 0.1) is 5.92 Å². The van der Waals surface area contributed by atoms with Crippen LogP contribution in [0.15, 0.2) is 0 Å². The number of hydrogen-bond donors (Lipinski definition) is 0. The van der Waals surface area contributed by atoms with Crippen LogP contribution in [0.4, 0.5) is 0 Å². The fraction of sp³-hybridized carbons (Fsp3) is 1.00. The van der Waals surface area contributed by atoms with Gasteiger partial charge in [-0.25, -0.2) is 12.7 Å². The smallest absolute Gasteiger partial charge is 0.210 e. The Morgan fingerprint density at radius 1 is 1.50 bits per heavy atom. The number of hydrogen-bond acceptors (Lipinski definition) is 3. The van der Waals surface area contributed by atoms with Gasteiger partial charge in [-0.15, -0.1) is 0 Å². The highest BCUT2D eigenvalue weighted by molar-refractivity contribution is 7.88. The summed E-state index contributed by atoms with van der Waals surface area (Å²) < 4.78 is 23.9. The SMILES string of the molecule is CN1CCCC(CN(C)S(C)(=O)=O)C1. The summed E-state index contributed by atoms with van der Waals surface area (Å²) in [5.74, 6) is 0.494. The minimum absolute atomic E-state index is 0.494. The lowest BCUT2D eigenvalue weighted by Gasteiger charge is -2.31. The lowest BCUT2D eigenvalue weighted by atomic mass is 9.99. The van der Waals surface area contributed by atoms with Gasteiger partial charge in [-0.05, 0) is 32.4 Å². The molecule has 1 fully saturated rings. The lowest BCUT2D eigenvalue weighted by molar-refractivity contribution is 0.192. The summed E-state index contributed by atoms with van der Waals surface area (Å²) in [5, 5.41) is 0. The van der Waals surface area contributed by atoms with Crippen molar-refractivity contribution in [1.82, 2.24) is 9.21 Å². The van der Waals surface area contributed by atoms with Gasteiger partial charge in [0.15, 0.2) is 0 Å². The van der Waals surface area contributed by atoms with Gasteiger partial charge >= 0.3 is 0 Å². The molecule has 1 aliphatic heterocycles. The van der Waals surface area contributed by atoms with E-state index in [-0.39, 0.29) is 0 Å². The standard InChI is InChI=1S/C9H20N2O2S/c1-10-6-4-5-9(7-10)8-11(2)14(3,12)13/h9H,4-8H2,1-3H3. The van der Waals surface area contributed by atoms with Crippen molar-refractivity contribution in [2.45, 2.75) is 12.8 Å². The molecule has 1 rings (SSSR count). The van der Waals surface area contributed by atoms with Crippen molar-refractivity contribution in [3.05, 3.63) is 0 Å². The zero-order chi connectivity index (χ0) is 10.8. The quantitative estimate of drug-likeness (QED) is 0.683. The third kappa shape index (κ3) is 3.55. The van der Waals surface area contributed by atoms with Crippen molar-refractivity contribution in [2.24, 2.45) is 5.92 Å². The molecular weight excluding hydrogens is 200 g/mol. The number of likely N-dealkylation sites (tertiary alicyclic amines) is 1. The molecule has 0 bridgehead atoms. The topological polar surface area (TPSA) is 40.6 Å². The predicted octanol–water partition coefficient (Wildman–Crippen LogP) is 0.220. The second kappa shape index (κ2) is 4.59. The monoisotopic (exact) mass is 220 g/mol. The van der Waals surface area contributed by atoms with E-state index in [2.05, 4.69) is 11.9 Å². The van der Waals surface area contributed by atoms with Crippen LogP contribution in [0.2, 0.25) is 0 Å². The Morgan fingerprint density at radius 2 is 2.14 bits per heavy atom. The molecule has 0 aromatic rings. The zero-order valence-electron chi connectivity index (χ0n) is 9.23. The highest BCUT2D eigenvalue weighted by atomic mass is 32.2. The summed E-state index contributed by atoms with van der Waals surface area (Å²) in [4.78, 5) is 2.27. The first-order chi connectivity index (χ1) is 6.39. The van der Waals surface area contributed by atoms with Crippen LogP contribution in [0.1, 0.15) is 12.8 Å². The average molecular weight is 220 g/mol. The van der Waals surface area contributed by atoms with E-state index in [4.69, 9.17) is 0 Å². The summed E-state index contributed by atoms with van der Waals surface area (Å²) in [7, 11) is 0.742. The molecule has 0 N–H and O–H groups in total. The van der Waals surface area contributed by atoms with Crippen LogP contribution in [-0.2, 0) is 10.0 Å². The molecule has 1 heterocycles. The number of piperidine rings is 1. The molecule has 1 aliphatic rings. The van der Waals surface area contributed by atoms with Gasteiger partial charge in [0.25, 0.3) is 0 Å². The molecule has 0 spiro atoms. The van der Waals surface area contributed by atoms with Gasteiger partial charge < -0.3 is 4.90 Å². The minimum atomic E-state index is -3.00. The highest BCUT2D eigenvalue weighted by Crippen LogP contribution is 2.16. The maximum absolute atomic E-state index is 11.2. The second-order valence-electron chi connectivity index (χ2n) is 4.31. The van der Waals surface area contributed by atoms with Crippen molar-refractivity contribution in [1.29, 1.82) is 0 Å². The molecule has 1 unspecified atom stereocenters. The lowest BCUT2D eigenvalue weighted by Crippen LogP contribution is -2.39. The van der Waals surface area contributed by atoms with Crippen LogP contribution in [0.5, 0.6) is 0 Å². The summed E-state index contributed by atoms with van der Waals surface area (Å²) in [6.45, 7) is 2.81. The van der Waals surface area contributed by atoms with Crippen molar-refractivity contribution in [2.75, 3.05) is 40.0 Å². The third-order valence-corrected chi connectivity index (χ3v) is 4.08. The predicted molar refractivity (Wildman–Crippen MR) is 57.7 cm³/mol. The van der Waals surface area contributed by atoms with Crippen molar-refractivity contribution < 1.29 is 8.42 Å². The Hall–Kier alpha value is -0.130. The zero-order valence-corrected chi connectivity index (χ0v) is 10.0. The van der Waals surface area contributed by atoms with Gasteiger partial charge in [-0.2, -0.15) is 0 Å². The fourth-order valence-electron chi connectivity index (χ4n) is 1.92. The first-order valence-corrected chi connectivity index (χ1v) is 6.84. The van der Waals surface area contributed by atoms with Crippen molar-refractivity contribution >= 4 is 10.0 Å². The number of rotatable bonds is 3. The third-order valence-electron chi connectivity index (χ3n) is 2.80. The Bertz CT molecular complexity index is 277. The molecule has 0 aromatic heterocycles. The highest BCUT2D eigenvalue weighted by Gasteiger charge is 2.21.